The van der Waals surface area contributed by atoms with Crippen LogP contribution >= 0.6 is 15.9 Å². The van der Waals surface area contributed by atoms with E-state index in [1.165, 1.54) is 23.2 Å². The molecule has 9 nitrogen and oxygen atoms in total. The Hall–Kier alpha value is -3.92. The first-order chi connectivity index (χ1) is 17.5. The number of fused-ring (bicyclic) bond motifs is 1. The van der Waals surface area contributed by atoms with Gasteiger partial charge < -0.3 is 4.74 Å². The van der Waals surface area contributed by atoms with Crippen LogP contribution in [0.3, 0.4) is 0 Å². The molecule has 182 valence electrons. The molecule has 2 aromatic carbocycles. The molecule has 1 aliphatic carbocycles. The summed E-state index contributed by atoms with van der Waals surface area (Å²) in [6, 6.07) is 15.4. The highest BCUT2D eigenvalue weighted by Gasteiger charge is 2.22. The summed E-state index contributed by atoms with van der Waals surface area (Å²) in [6.45, 7) is 0. The first-order valence-electron chi connectivity index (χ1n) is 11.6. The van der Waals surface area contributed by atoms with Crippen molar-refractivity contribution in [1.82, 2.24) is 14.6 Å². The Morgan fingerprint density at radius 2 is 1.94 bits per heavy atom. The summed E-state index contributed by atoms with van der Waals surface area (Å²) < 4.78 is 7.97. The minimum atomic E-state index is -0.516. The van der Waals surface area contributed by atoms with Gasteiger partial charge in [0, 0.05) is 22.5 Å². The number of nitro groups is 1. The van der Waals surface area contributed by atoms with Gasteiger partial charge in [0.1, 0.15) is 17.8 Å². The van der Waals surface area contributed by atoms with E-state index in [1.54, 1.807) is 30.5 Å². The highest BCUT2D eigenvalue weighted by atomic mass is 79.9. The van der Waals surface area contributed by atoms with E-state index in [0.29, 0.717) is 28.0 Å². The van der Waals surface area contributed by atoms with Gasteiger partial charge in [0.05, 0.1) is 22.0 Å². The van der Waals surface area contributed by atoms with E-state index in [4.69, 9.17) is 9.72 Å². The van der Waals surface area contributed by atoms with E-state index in [9.17, 15) is 14.9 Å². The quantitative estimate of drug-likeness (QED) is 0.162. The fraction of sp³-hybridized carbons (Fsp3) is 0.231. The van der Waals surface area contributed by atoms with Gasteiger partial charge >= 0.3 is 0 Å². The number of pyridine rings is 1. The van der Waals surface area contributed by atoms with Gasteiger partial charge in [0.15, 0.2) is 0 Å². The second-order valence-electron chi connectivity index (χ2n) is 8.61. The van der Waals surface area contributed by atoms with Crippen molar-refractivity contribution >= 4 is 38.7 Å². The number of nitrogens with zero attached hydrogens (tertiary/aromatic N) is 5. The molecular weight excluding hydrogens is 526 g/mol. The number of rotatable bonds is 6. The molecule has 10 heteroatoms. The Kier molecular flexibility index (Phi) is 6.86. The van der Waals surface area contributed by atoms with Gasteiger partial charge in [-0.2, -0.15) is 9.78 Å². The van der Waals surface area contributed by atoms with Crippen molar-refractivity contribution in [3.63, 3.8) is 0 Å². The summed E-state index contributed by atoms with van der Waals surface area (Å²) in [5.41, 5.74) is 1.06. The van der Waals surface area contributed by atoms with Crippen LogP contribution in [0.25, 0.3) is 10.9 Å². The summed E-state index contributed by atoms with van der Waals surface area (Å²) in [7, 11) is 0. The molecular formula is C26H22BrN5O4. The van der Waals surface area contributed by atoms with Crippen molar-refractivity contribution in [3.05, 3.63) is 97.1 Å². The fourth-order valence-electron chi connectivity index (χ4n) is 4.35. The van der Waals surface area contributed by atoms with Gasteiger partial charge in [-0.15, -0.1) is 0 Å². The van der Waals surface area contributed by atoms with E-state index in [-0.39, 0.29) is 23.0 Å². The zero-order valence-electron chi connectivity index (χ0n) is 19.2. The van der Waals surface area contributed by atoms with Crippen LogP contribution in [0.1, 0.15) is 49.4 Å². The van der Waals surface area contributed by atoms with Crippen LogP contribution in [0.15, 0.2) is 75.2 Å². The van der Waals surface area contributed by atoms with Crippen LogP contribution in [0.5, 0.6) is 11.6 Å². The number of benzene rings is 2. The van der Waals surface area contributed by atoms with Crippen LogP contribution in [0.4, 0.5) is 5.69 Å². The molecule has 5 rings (SSSR count). The largest absolute Gasteiger partial charge is 0.439 e. The van der Waals surface area contributed by atoms with Crippen LogP contribution in [-0.4, -0.2) is 25.8 Å². The van der Waals surface area contributed by atoms with E-state index in [2.05, 4.69) is 26.0 Å². The summed E-state index contributed by atoms with van der Waals surface area (Å²) in [5.74, 6) is 1.59. The van der Waals surface area contributed by atoms with Gasteiger partial charge in [-0.1, -0.05) is 47.3 Å². The normalized spacial score (nSPS) is 14.4. The van der Waals surface area contributed by atoms with Crippen molar-refractivity contribution in [2.45, 2.75) is 38.0 Å². The number of hydrogen-bond acceptors (Lipinski definition) is 7. The van der Waals surface area contributed by atoms with Crippen LogP contribution < -0.4 is 10.3 Å². The molecule has 1 aliphatic rings. The number of aromatic nitrogens is 3. The van der Waals surface area contributed by atoms with Gasteiger partial charge in [-0.3, -0.25) is 14.9 Å². The minimum Gasteiger partial charge on any atom is -0.439 e. The zero-order valence-corrected chi connectivity index (χ0v) is 20.8. The van der Waals surface area contributed by atoms with Crippen molar-refractivity contribution < 1.29 is 9.66 Å². The fourth-order valence-corrected chi connectivity index (χ4v) is 4.71. The molecule has 2 aromatic heterocycles. The lowest BCUT2D eigenvalue weighted by Gasteiger charge is -2.22. The molecule has 0 amide bonds. The maximum atomic E-state index is 13.5. The van der Waals surface area contributed by atoms with E-state index >= 15 is 0 Å². The lowest BCUT2D eigenvalue weighted by molar-refractivity contribution is -0.385. The minimum absolute atomic E-state index is 0.113. The molecule has 0 saturated heterocycles. The number of hydrogen-bond donors (Lipinski definition) is 0. The Bertz CT molecular complexity index is 1510. The lowest BCUT2D eigenvalue weighted by Crippen LogP contribution is -2.25. The zero-order chi connectivity index (χ0) is 25.1. The van der Waals surface area contributed by atoms with Gasteiger partial charge in [-0.05, 0) is 48.7 Å². The highest BCUT2D eigenvalue weighted by Crippen LogP contribution is 2.32. The molecule has 0 spiro atoms. The Morgan fingerprint density at radius 1 is 1.11 bits per heavy atom. The number of halogens is 1. The predicted molar refractivity (Wildman–Crippen MR) is 140 cm³/mol. The molecule has 1 fully saturated rings. The third-order valence-corrected chi connectivity index (χ3v) is 6.63. The second kappa shape index (κ2) is 10.4. The molecule has 0 N–H and O–H groups in total. The summed E-state index contributed by atoms with van der Waals surface area (Å²) in [4.78, 5) is 32.6. The van der Waals surface area contributed by atoms with E-state index in [1.807, 2.05) is 18.2 Å². The van der Waals surface area contributed by atoms with E-state index in [0.717, 1.165) is 36.4 Å². The molecule has 1 saturated carbocycles. The maximum Gasteiger partial charge on any atom is 0.287 e. The van der Waals surface area contributed by atoms with Crippen molar-refractivity contribution in [2.75, 3.05) is 0 Å². The van der Waals surface area contributed by atoms with E-state index < -0.39 is 4.92 Å². The first kappa shape index (κ1) is 23.8. The second-order valence-corrected chi connectivity index (χ2v) is 9.53. The summed E-state index contributed by atoms with van der Waals surface area (Å²) in [6.07, 6.45) is 8.13. The maximum absolute atomic E-state index is 13.5. The Balaban J connectivity index is 1.47. The molecule has 0 bridgehead atoms. The van der Waals surface area contributed by atoms with Crippen molar-refractivity contribution in [1.29, 1.82) is 0 Å². The third-order valence-electron chi connectivity index (χ3n) is 6.14. The summed E-state index contributed by atoms with van der Waals surface area (Å²) in [5, 5.41) is 15.9. The van der Waals surface area contributed by atoms with Gasteiger partial charge in [0.25, 0.3) is 11.2 Å². The molecule has 4 aromatic rings. The Morgan fingerprint density at radius 3 is 2.69 bits per heavy atom. The van der Waals surface area contributed by atoms with Crippen LogP contribution in [0.2, 0.25) is 0 Å². The SMILES string of the molecule is O=c1c2cc(Br)ccc2nc(C2CCCCC2)n1N=Cc1cccc(Oc2ccc([N+](=O)[O-])cn2)c1. The molecule has 36 heavy (non-hydrogen) atoms. The van der Waals surface area contributed by atoms with Crippen molar-refractivity contribution in [2.24, 2.45) is 5.10 Å². The van der Waals surface area contributed by atoms with Gasteiger partial charge in [-0.25, -0.2) is 9.97 Å². The van der Waals surface area contributed by atoms with Gasteiger partial charge in [0.2, 0.25) is 5.88 Å². The summed E-state index contributed by atoms with van der Waals surface area (Å²) >= 11 is 3.44. The standard InChI is InChI=1S/C26H22BrN5O4/c27-19-9-11-23-22(14-19)26(33)31(25(30-23)18-6-2-1-3-7-18)29-15-17-5-4-8-21(13-17)36-24-12-10-20(16-28-24)32(34)35/h4-5,8-16,18H,1-3,6-7H2. The smallest absolute Gasteiger partial charge is 0.287 e. The van der Waals surface area contributed by atoms with Crippen LogP contribution in [0, 0.1) is 10.1 Å². The molecule has 0 radical (unpaired) electrons. The molecule has 0 aliphatic heterocycles. The molecule has 0 unspecified atom stereocenters. The average molecular weight is 548 g/mol. The van der Waals surface area contributed by atoms with Crippen molar-refractivity contribution in [3.8, 4) is 11.6 Å². The Labute approximate surface area is 214 Å². The monoisotopic (exact) mass is 547 g/mol. The third kappa shape index (κ3) is 5.18. The number of ether oxygens (including phenoxy) is 1. The lowest BCUT2D eigenvalue weighted by atomic mass is 9.88. The topological polar surface area (TPSA) is 113 Å². The predicted octanol–water partition coefficient (Wildman–Crippen LogP) is 6.18. The molecule has 0 atom stereocenters. The van der Waals surface area contributed by atoms with Crippen LogP contribution in [-0.2, 0) is 0 Å². The first-order valence-corrected chi connectivity index (χ1v) is 12.4. The average Bonchev–Trinajstić information content (AvgIpc) is 2.89. The highest BCUT2D eigenvalue weighted by molar-refractivity contribution is 9.10. The molecule has 2 heterocycles.